The third-order valence-electron chi connectivity index (χ3n) is 6.11. The van der Waals surface area contributed by atoms with Gasteiger partial charge >= 0.3 is 0 Å². The molecule has 0 N–H and O–H groups in total. The fourth-order valence-corrected chi connectivity index (χ4v) is 4.27. The third kappa shape index (κ3) is 6.19. The zero-order valence-corrected chi connectivity index (χ0v) is 21.4. The molecule has 34 heavy (non-hydrogen) atoms. The number of anilines is 1. The number of rotatable bonds is 11. The van der Waals surface area contributed by atoms with Crippen molar-refractivity contribution in [3.63, 3.8) is 0 Å². The molecular formula is C30H37NO3. The molecule has 0 aliphatic carbocycles. The summed E-state index contributed by atoms with van der Waals surface area (Å²) < 4.78 is 11.7. The standard InChI is InChI=1S/C30H37NO3/c1-7-15-31(5)27-17-24(13-14-29(27)33-6)18-28(32)26-19-25(21(2)3)22(4)16-30(26)34-20-23-11-9-8-10-12-23/h8-14,16-17,19,21H,7,15,18,20H2,1-6H3. The van der Waals surface area contributed by atoms with Gasteiger partial charge in [0.1, 0.15) is 18.1 Å². The Morgan fingerprint density at radius 1 is 0.971 bits per heavy atom. The number of methoxy groups -OCH3 is 1. The average molecular weight is 460 g/mol. The lowest BCUT2D eigenvalue weighted by molar-refractivity contribution is 0.0988. The van der Waals surface area contributed by atoms with Crippen LogP contribution >= 0.6 is 0 Å². The highest BCUT2D eigenvalue weighted by Crippen LogP contribution is 2.32. The highest BCUT2D eigenvalue weighted by Gasteiger charge is 2.19. The topological polar surface area (TPSA) is 38.8 Å². The number of carbonyl (C=O) groups excluding carboxylic acids is 1. The van der Waals surface area contributed by atoms with Crippen molar-refractivity contribution in [3.05, 3.63) is 88.5 Å². The molecule has 0 saturated heterocycles. The van der Waals surface area contributed by atoms with Crippen LogP contribution in [0.15, 0.2) is 60.7 Å². The predicted octanol–water partition coefficient (Wildman–Crippen LogP) is 6.98. The second-order valence-electron chi connectivity index (χ2n) is 9.16. The van der Waals surface area contributed by atoms with Gasteiger partial charge in [-0.05, 0) is 65.8 Å². The molecule has 0 aliphatic rings. The van der Waals surface area contributed by atoms with E-state index in [4.69, 9.17) is 9.47 Å². The van der Waals surface area contributed by atoms with Gasteiger partial charge in [-0.2, -0.15) is 0 Å². The minimum Gasteiger partial charge on any atom is -0.495 e. The molecule has 0 saturated carbocycles. The molecular weight excluding hydrogens is 422 g/mol. The summed E-state index contributed by atoms with van der Waals surface area (Å²) in [5, 5.41) is 0. The molecule has 0 amide bonds. The second-order valence-corrected chi connectivity index (χ2v) is 9.16. The van der Waals surface area contributed by atoms with Crippen molar-refractivity contribution in [1.82, 2.24) is 0 Å². The van der Waals surface area contributed by atoms with Crippen LogP contribution in [0.5, 0.6) is 11.5 Å². The normalized spacial score (nSPS) is 10.9. The third-order valence-corrected chi connectivity index (χ3v) is 6.11. The van der Waals surface area contributed by atoms with Crippen molar-refractivity contribution in [2.75, 3.05) is 25.6 Å². The number of Topliss-reactive ketones (excluding diaryl/α,β-unsaturated/α-hetero) is 1. The maximum Gasteiger partial charge on any atom is 0.170 e. The summed E-state index contributed by atoms with van der Waals surface area (Å²) in [5.74, 6) is 1.84. The molecule has 0 fully saturated rings. The van der Waals surface area contributed by atoms with Crippen LogP contribution in [-0.2, 0) is 13.0 Å². The first-order chi connectivity index (χ1) is 16.3. The Labute approximate surface area is 204 Å². The SMILES string of the molecule is CCCN(C)c1cc(CC(=O)c2cc(C(C)C)c(C)cc2OCc2ccccc2)ccc1OC. The van der Waals surface area contributed by atoms with E-state index in [1.165, 1.54) is 5.56 Å². The van der Waals surface area contributed by atoms with Crippen molar-refractivity contribution >= 4 is 11.5 Å². The van der Waals surface area contributed by atoms with Crippen molar-refractivity contribution in [2.24, 2.45) is 0 Å². The molecule has 4 heteroatoms. The Hall–Kier alpha value is -3.27. The smallest absolute Gasteiger partial charge is 0.170 e. The van der Waals surface area contributed by atoms with Gasteiger partial charge in [0.15, 0.2) is 5.78 Å². The molecule has 0 unspecified atom stereocenters. The molecule has 0 radical (unpaired) electrons. The lowest BCUT2D eigenvalue weighted by Crippen LogP contribution is -2.19. The Morgan fingerprint density at radius 2 is 1.71 bits per heavy atom. The summed E-state index contributed by atoms with van der Waals surface area (Å²) in [4.78, 5) is 15.7. The Bertz CT molecular complexity index is 1110. The van der Waals surface area contributed by atoms with E-state index in [1.54, 1.807) is 7.11 Å². The minimum absolute atomic E-state index is 0.0548. The second kappa shape index (κ2) is 11.7. The van der Waals surface area contributed by atoms with E-state index >= 15 is 0 Å². The highest BCUT2D eigenvalue weighted by atomic mass is 16.5. The lowest BCUT2D eigenvalue weighted by atomic mass is 9.92. The summed E-state index contributed by atoms with van der Waals surface area (Å²) in [6, 6.07) is 20.1. The van der Waals surface area contributed by atoms with Crippen molar-refractivity contribution in [2.45, 2.75) is 53.1 Å². The van der Waals surface area contributed by atoms with Gasteiger partial charge in [0.2, 0.25) is 0 Å². The molecule has 0 heterocycles. The fourth-order valence-electron chi connectivity index (χ4n) is 4.27. The molecule has 180 valence electrons. The number of carbonyl (C=O) groups is 1. The van der Waals surface area contributed by atoms with E-state index in [0.717, 1.165) is 41.1 Å². The molecule has 0 atom stereocenters. The van der Waals surface area contributed by atoms with E-state index < -0.39 is 0 Å². The van der Waals surface area contributed by atoms with Crippen LogP contribution < -0.4 is 14.4 Å². The average Bonchev–Trinajstić information content (AvgIpc) is 2.83. The lowest BCUT2D eigenvalue weighted by Gasteiger charge is -2.22. The number of benzene rings is 3. The van der Waals surface area contributed by atoms with Crippen LogP contribution in [0.4, 0.5) is 5.69 Å². The number of hydrogen-bond acceptors (Lipinski definition) is 4. The van der Waals surface area contributed by atoms with Crippen LogP contribution in [0.3, 0.4) is 0 Å². The fraction of sp³-hybridized carbons (Fsp3) is 0.367. The first-order valence-corrected chi connectivity index (χ1v) is 12.1. The Kier molecular flexibility index (Phi) is 8.75. The summed E-state index contributed by atoms with van der Waals surface area (Å²) in [6.45, 7) is 9.88. The van der Waals surface area contributed by atoms with Crippen LogP contribution in [0, 0.1) is 6.92 Å². The van der Waals surface area contributed by atoms with Gasteiger partial charge in [0, 0.05) is 20.0 Å². The number of aryl methyl sites for hydroxylation is 1. The Balaban J connectivity index is 1.92. The van der Waals surface area contributed by atoms with Crippen molar-refractivity contribution < 1.29 is 14.3 Å². The first-order valence-electron chi connectivity index (χ1n) is 12.1. The van der Waals surface area contributed by atoms with Crippen LogP contribution in [0.25, 0.3) is 0 Å². The maximum atomic E-state index is 13.6. The maximum absolute atomic E-state index is 13.6. The molecule has 3 aromatic carbocycles. The largest absolute Gasteiger partial charge is 0.495 e. The molecule has 4 nitrogen and oxygen atoms in total. The van der Waals surface area contributed by atoms with Gasteiger partial charge in [-0.3, -0.25) is 4.79 Å². The predicted molar refractivity (Wildman–Crippen MR) is 141 cm³/mol. The summed E-state index contributed by atoms with van der Waals surface area (Å²) in [5.41, 5.74) is 6.00. The summed E-state index contributed by atoms with van der Waals surface area (Å²) in [6.07, 6.45) is 1.34. The van der Waals surface area contributed by atoms with Gasteiger partial charge in [-0.15, -0.1) is 0 Å². The molecule has 0 aromatic heterocycles. The van der Waals surface area contributed by atoms with Gasteiger partial charge in [-0.1, -0.05) is 57.2 Å². The van der Waals surface area contributed by atoms with Crippen molar-refractivity contribution in [3.8, 4) is 11.5 Å². The van der Waals surface area contributed by atoms with Crippen LogP contribution in [0.2, 0.25) is 0 Å². The first kappa shape index (κ1) is 25.4. The minimum atomic E-state index is 0.0548. The monoisotopic (exact) mass is 459 g/mol. The molecule has 0 aliphatic heterocycles. The van der Waals surface area contributed by atoms with Crippen molar-refractivity contribution in [1.29, 1.82) is 0 Å². The van der Waals surface area contributed by atoms with E-state index in [0.29, 0.717) is 30.3 Å². The van der Waals surface area contributed by atoms with Gasteiger partial charge in [0.05, 0.1) is 18.4 Å². The van der Waals surface area contributed by atoms with Crippen LogP contribution in [0.1, 0.15) is 65.7 Å². The number of ketones is 1. The van der Waals surface area contributed by atoms with Crippen LogP contribution in [-0.4, -0.2) is 26.5 Å². The summed E-state index contributed by atoms with van der Waals surface area (Å²) in [7, 11) is 3.73. The molecule has 3 aromatic rings. The van der Waals surface area contributed by atoms with Gasteiger partial charge in [-0.25, -0.2) is 0 Å². The van der Waals surface area contributed by atoms with E-state index in [2.05, 4.69) is 45.7 Å². The zero-order valence-electron chi connectivity index (χ0n) is 21.4. The van der Waals surface area contributed by atoms with E-state index in [9.17, 15) is 4.79 Å². The molecule has 0 bridgehead atoms. The number of nitrogens with zero attached hydrogens (tertiary/aromatic N) is 1. The Morgan fingerprint density at radius 3 is 2.35 bits per heavy atom. The zero-order chi connectivity index (χ0) is 24.7. The van der Waals surface area contributed by atoms with E-state index in [1.807, 2.05) is 54.6 Å². The van der Waals surface area contributed by atoms with Gasteiger partial charge in [0.25, 0.3) is 0 Å². The summed E-state index contributed by atoms with van der Waals surface area (Å²) >= 11 is 0. The quantitative estimate of drug-likeness (QED) is 0.290. The van der Waals surface area contributed by atoms with E-state index in [-0.39, 0.29) is 5.78 Å². The molecule has 3 rings (SSSR count). The van der Waals surface area contributed by atoms with Gasteiger partial charge < -0.3 is 14.4 Å². The number of hydrogen-bond donors (Lipinski definition) is 0. The number of ether oxygens (including phenoxy) is 2. The molecule has 0 spiro atoms. The highest BCUT2D eigenvalue weighted by molar-refractivity contribution is 6.00.